The van der Waals surface area contributed by atoms with E-state index < -0.39 is 39.7 Å². The maximum Gasteiger partial charge on any atom is 0.387 e. The molecule has 1 aromatic heterocycles. The molecule has 0 spiro atoms. The van der Waals surface area contributed by atoms with Crippen LogP contribution in [0.2, 0.25) is 10.0 Å². The summed E-state index contributed by atoms with van der Waals surface area (Å²) in [6.07, 6.45) is 4.94. The van der Waals surface area contributed by atoms with Gasteiger partial charge in [0.2, 0.25) is 10.0 Å². The number of esters is 1. The van der Waals surface area contributed by atoms with Crippen LogP contribution in [0, 0.1) is 16.0 Å². The number of hydrogen-bond acceptors (Lipinski definition) is 9. The van der Waals surface area contributed by atoms with Crippen molar-refractivity contribution >= 4 is 44.9 Å². The second-order valence-electron chi connectivity index (χ2n) is 11.0. The number of alkyl halides is 2. The number of nitro benzene ring substituents is 1. The van der Waals surface area contributed by atoms with E-state index in [0.717, 1.165) is 41.4 Å². The van der Waals surface area contributed by atoms with E-state index in [4.69, 9.17) is 32.7 Å². The molecule has 254 valence electrons. The standard InChI is InChI=1S/C30H29Cl2F2N3O8S.H2O/c31-23-15-35-16-24(32)22(23)14-27(19-6-11-26(45-30(33)34)28(13-19)43-17-18-4-5-18)44-29(38)25-3-1-2-12-36(25)46(41,42)21-9-7-20(8-10-21)37(39)40;/h6-11,13,15-16,18,25,27,30H,1-5,12,14,17H2;1H2/t25-,27-;/m0./s1. The van der Waals surface area contributed by atoms with Crippen molar-refractivity contribution in [1.29, 1.82) is 0 Å². The number of rotatable bonds is 13. The highest BCUT2D eigenvalue weighted by Gasteiger charge is 2.40. The number of H-pyrrole nitrogens is 1. The molecule has 12 nitrogen and oxygen atoms in total. The van der Waals surface area contributed by atoms with Crippen LogP contribution in [0.1, 0.15) is 49.3 Å². The number of non-ortho nitro benzene ring substituents is 1. The van der Waals surface area contributed by atoms with Gasteiger partial charge in [-0.05, 0) is 67.9 Å². The second kappa shape index (κ2) is 15.5. The molecule has 0 unspecified atom stereocenters. The number of nitrogens with one attached hydrogen (secondary N) is 1. The Hall–Kier alpha value is -3.63. The van der Waals surface area contributed by atoms with Crippen LogP contribution >= 0.6 is 23.2 Å². The lowest BCUT2D eigenvalue weighted by Gasteiger charge is -2.34. The van der Waals surface area contributed by atoms with Crippen molar-refractivity contribution < 1.29 is 51.6 Å². The maximum absolute atomic E-state index is 13.8. The third kappa shape index (κ3) is 8.84. The van der Waals surface area contributed by atoms with E-state index in [1.54, 1.807) is 0 Å². The fourth-order valence-corrected chi connectivity index (χ4v) is 7.31. The number of aromatic amines is 1. The van der Waals surface area contributed by atoms with Gasteiger partial charge in [-0.25, -0.2) is 13.4 Å². The molecule has 2 fully saturated rings. The Balaban J connectivity index is 0.00000500. The number of pyridine rings is 1. The van der Waals surface area contributed by atoms with E-state index in [-0.39, 0.29) is 63.6 Å². The van der Waals surface area contributed by atoms with Crippen LogP contribution in [0.25, 0.3) is 0 Å². The van der Waals surface area contributed by atoms with Crippen LogP contribution in [0.4, 0.5) is 14.5 Å². The summed E-state index contributed by atoms with van der Waals surface area (Å²) in [6.45, 7) is -2.79. The van der Waals surface area contributed by atoms with Crippen LogP contribution in [-0.4, -0.2) is 54.9 Å². The fraction of sp³-hybridized carbons (Fsp3) is 0.400. The SMILES string of the molecule is O=C(O[C@@H](Cc1c(Cl)c[nH+]cc1Cl)c1ccc(OC(F)F)c(OCC2CC2)c1)[C@@H]1CCCCN1S(=O)(=O)c1ccc([N+](=O)[O-])cc1.[OH-]. The summed E-state index contributed by atoms with van der Waals surface area (Å²) >= 11 is 12.8. The number of ether oxygens (including phenoxy) is 3. The predicted molar refractivity (Wildman–Crippen MR) is 163 cm³/mol. The van der Waals surface area contributed by atoms with Gasteiger partial charge in [0.15, 0.2) is 23.9 Å². The lowest BCUT2D eigenvalue weighted by Crippen LogP contribution is -2.48. The molecule has 2 N–H and O–H groups in total. The Bertz CT molecular complexity index is 1680. The lowest BCUT2D eigenvalue weighted by molar-refractivity contribution is -0.384. The van der Waals surface area contributed by atoms with E-state index >= 15 is 0 Å². The molecule has 1 saturated heterocycles. The molecule has 0 radical (unpaired) electrons. The van der Waals surface area contributed by atoms with Crippen LogP contribution < -0.4 is 14.5 Å². The summed E-state index contributed by atoms with van der Waals surface area (Å²) in [7, 11) is -4.25. The fourth-order valence-electron chi connectivity index (χ4n) is 5.13. The van der Waals surface area contributed by atoms with Gasteiger partial charge in [0.1, 0.15) is 22.2 Å². The first-order valence-corrected chi connectivity index (χ1v) is 16.7. The zero-order chi connectivity index (χ0) is 33.0. The number of halogens is 4. The predicted octanol–water partition coefficient (Wildman–Crippen LogP) is 6.00. The average molecular weight is 719 g/mol. The normalized spacial score (nSPS) is 17.4. The average Bonchev–Trinajstić information content (AvgIpc) is 3.86. The van der Waals surface area contributed by atoms with Gasteiger partial charge in [0.25, 0.3) is 5.69 Å². The van der Waals surface area contributed by atoms with Gasteiger partial charge in [0, 0.05) is 30.7 Å². The van der Waals surface area contributed by atoms with Crippen molar-refractivity contribution in [3.05, 3.63) is 86.1 Å². The number of nitro groups is 1. The van der Waals surface area contributed by atoms with E-state index in [1.165, 1.54) is 30.6 Å². The molecule has 2 aromatic carbocycles. The Kier molecular flexibility index (Phi) is 12.0. The quantitative estimate of drug-likeness (QED) is 0.117. The zero-order valence-electron chi connectivity index (χ0n) is 24.7. The number of piperidine rings is 1. The number of aromatic nitrogens is 1. The highest BCUT2D eigenvalue weighted by Crippen LogP contribution is 2.38. The minimum Gasteiger partial charge on any atom is -0.870 e. The minimum absolute atomic E-state index is 0. The molecular weight excluding hydrogens is 687 g/mol. The third-order valence-electron chi connectivity index (χ3n) is 7.75. The molecular formula is C30H31Cl2F2N3O9S. The number of sulfonamides is 1. The minimum atomic E-state index is -4.25. The monoisotopic (exact) mass is 717 g/mol. The van der Waals surface area contributed by atoms with Crippen LogP contribution in [-0.2, 0) is 26.0 Å². The molecule has 1 saturated carbocycles. The number of carbonyl (C=O) groups excluding carboxylic acids is 1. The molecule has 2 atom stereocenters. The summed E-state index contributed by atoms with van der Waals surface area (Å²) in [6, 6.07) is 7.37. The Morgan fingerprint density at radius 2 is 1.72 bits per heavy atom. The van der Waals surface area contributed by atoms with E-state index in [0.29, 0.717) is 29.9 Å². The molecule has 17 heteroatoms. The van der Waals surface area contributed by atoms with Gasteiger partial charge in [-0.2, -0.15) is 13.1 Å². The first-order valence-electron chi connectivity index (χ1n) is 14.5. The van der Waals surface area contributed by atoms with Crippen molar-refractivity contribution in [2.24, 2.45) is 5.92 Å². The summed E-state index contributed by atoms with van der Waals surface area (Å²) < 4.78 is 71.2. The van der Waals surface area contributed by atoms with Crippen molar-refractivity contribution in [2.75, 3.05) is 13.2 Å². The molecule has 3 aromatic rings. The Morgan fingerprint density at radius 1 is 1.04 bits per heavy atom. The number of benzene rings is 2. The highest BCUT2D eigenvalue weighted by atomic mass is 35.5. The van der Waals surface area contributed by atoms with Gasteiger partial charge in [0.05, 0.1) is 16.4 Å². The first-order chi connectivity index (χ1) is 21.9. The van der Waals surface area contributed by atoms with Crippen molar-refractivity contribution in [2.45, 2.75) is 62.2 Å². The summed E-state index contributed by atoms with van der Waals surface area (Å²) in [5.74, 6) is -0.713. The van der Waals surface area contributed by atoms with Crippen molar-refractivity contribution in [3.63, 3.8) is 0 Å². The summed E-state index contributed by atoms with van der Waals surface area (Å²) in [5, 5.41) is 11.6. The number of nitrogens with zero attached hydrogens (tertiary/aromatic N) is 2. The first kappa shape index (κ1) is 36.2. The molecule has 2 heterocycles. The van der Waals surface area contributed by atoms with E-state index in [9.17, 15) is 32.1 Å². The van der Waals surface area contributed by atoms with Gasteiger partial charge in [-0.1, -0.05) is 29.3 Å². The van der Waals surface area contributed by atoms with Crippen LogP contribution in [0.5, 0.6) is 11.5 Å². The van der Waals surface area contributed by atoms with Gasteiger partial charge < -0.3 is 19.7 Å². The highest BCUT2D eigenvalue weighted by molar-refractivity contribution is 7.89. The van der Waals surface area contributed by atoms with Crippen LogP contribution in [0.3, 0.4) is 0 Å². The zero-order valence-corrected chi connectivity index (χ0v) is 27.0. The largest absolute Gasteiger partial charge is 0.870 e. The van der Waals surface area contributed by atoms with Crippen LogP contribution in [0.15, 0.2) is 59.8 Å². The third-order valence-corrected chi connectivity index (χ3v) is 10.3. The second-order valence-corrected chi connectivity index (χ2v) is 13.7. The van der Waals surface area contributed by atoms with E-state index in [2.05, 4.69) is 9.72 Å². The van der Waals surface area contributed by atoms with Crippen molar-refractivity contribution in [1.82, 2.24) is 4.31 Å². The molecule has 5 rings (SSSR count). The molecule has 0 amide bonds. The van der Waals surface area contributed by atoms with Gasteiger partial charge in [-0.3, -0.25) is 14.9 Å². The lowest BCUT2D eigenvalue weighted by atomic mass is 10.0. The van der Waals surface area contributed by atoms with E-state index in [1.807, 2.05) is 0 Å². The molecule has 1 aliphatic carbocycles. The van der Waals surface area contributed by atoms with Gasteiger partial charge >= 0.3 is 12.6 Å². The Morgan fingerprint density at radius 3 is 2.34 bits per heavy atom. The summed E-state index contributed by atoms with van der Waals surface area (Å²) in [5.41, 5.74) is 0.492. The molecule has 1 aliphatic heterocycles. The smallest absolute Gasteiger partial charge is 0.387 e. The molecule has 47 heavy (non-hydrogen) atoms. The topological polar surface area (TPSA) is 169 Å². The molecule has 0 bridgehead atoms. The van der Waals surface area contributed by atoms with Gasteiger partial charge in [-0.15, -0.1) is 0 Å². The number of hydrogen-bond donors (Lipinski definition) is 0. The Labute approximate surface area is 279 Å². The van der Waals surface area contributed by atoms with Crippen molar-refractivity contribution in [3.8, 4) is 11.5 Å². The molecule has 2 aliphatic rings. The number of carbonyl (C=O) groups is 1. The maximum atomic E-state index is 13.8. The summed E-state index contributed by atoms with van der Waals surface area (Å²) in [4.78, 5) is 26.9.